The molecule has 0 radical (unpaired) electrons. The molecule has 0 aliphatic rings. The summed E-state index contributed by atoms with van der Waals surface area (Å²) in [4.78, 5) is 16.2. The van der Waals surface area contributed by atoms with Crippen molar-refractivity contribution >= 4 is 42.1 Å². The summed E-state index contributed by atoms with van der Waals surface area (Å²) < 4.78 is 26.1. The lowest BCUT2D eigenvalue weighted by atomic mass is 10.1. The number of thiazole rings is 1. The maximum absolute atomic E-state index is 13.0. The Bertz CT molecular complexity index is 652. The number of carbonyl (C=O) groups excluding carboxylic acids is 1. The van der Waals surface area contributed by atoms with Crippen LogP contribution in [-0.2, 0) is 0 Å². The smallest absolute Gasteiger partial charge is 0.277 e. The van der Waals surface area contributed by atoms with Gasteiger partial charge in [0, 0.05) is 22.2 Å². The third kappa shape index (κ3) is 6.02. The second-order valence-electron chi connectivity index (χ2n) is 4.62. The van der Waals surface area contributed by atoms with E-state index in [0.717, 1.165) is 16.3 Å². The van der Waals surface area contributed by atoms with E-state index in [2.05, 4.69) is 10.3 Å². The van der Waals surface area contributed by atoms with Gasteiger partial charge in [0.1, 0.15) is 5.01 Å². The first-order valence-electron chi connectivity index (χ1n) is 6.30. The van der Waals surface area contributed by atoms with Gasteiger partial charge in [-0.3, -0.25) is 4.79 Å². The number of halogens is 4. The number of hydrogen-bond acceptors (Lipinski definition) is 4. The number of alkyl halides is 2. The van der Waals surface area contributed by atoms with Gasteiger partial charge in [-0.2, -0.15) is 0 Å². The van der Waals surface area contributed by atoms with Crippen LogP contribution < -0.4 is 11.1 Å². The molecule has 9 heteroatoms. The standard InChI is InChI=1S/C14H15F2N3OS.2ClH/c1-9-6-21-13(19-9)11-4-2-3-10(5-11)12(20)18-8-14(15,16)7-17;;/h2-6H,7-8,17H2,1H3,(H,18,20);2*1H. The first-order valence-corrected chi connectivity index (χ1v) is 7.18. The number of nitrogens with one attached hydrogen (secondary N) is 1. The molecular formula is C14H17Cl2F2N3OS. The van der Waals surface area contributed by atoms with E-state index in [4.69, 9.17) is 5.73 Å². The van der Waals surface area contributed by atoms with Crippen LogP contribution >= 0.6 is 36.2 Å². The van der Waals surface area contributed by atoms with Crippen molar-refractivity contribution in [1.29, 1.82) is 0 Å². The minimum absolute atomic E-state index is 0. The topological polar surface area (TPSA) is 68.0 Å². The van der Waals surface area contributed by atoms with E-state index in [1.165, 1.54) is 11.3 Å². The van der Waals surface area contributed by atoms with E-state index in [1.54, 1.807) is 18.2 Å². The van der Waals surface area contributed by atoms with Gasteiger partial charge in [-0.25, -0.2) is 13.8 Å². The quantitative estimate of drug-likeness (QED) is 0.832. The Morgan fingerprint density at radius 1 is 1.39 bits per heavy atom. The second-order valence-corrected chi connectivity index (χ2v) is 5.48. The molecule has 128 valence electrons. The van der Waals surface area contributed by atoms with Crippen molar-refractivity contribution in [2.45, 2.75) is 12.8 Å². The molecule has 2 rings (SSSR count). The van der Waals surface area contributed by atoms with E-state index >= 15 is 0 Å². The molecule has 0 aliphatic heterocycles. The van der Waals surface area contributed by atoms with Gasteiger partial charge >= 0.3 is 0 Å². The molecule has 1 aromatic carbocycles. The van der Waals surface area contributed by atoms with Crippen molar-refractivity contribution < 1.29 is 13.6 Å². The molecule has 0 fully saturated rings. The predicted octanol–water partition coefficient (Wildman–Crippen LogP) is 3.29. The molecule has 0 spiro atoms. The highest BCUT2D eigenvalue weighted by Gasteiger charge is 2.27. The molecule has 0 aliphatic carbocycles. The molecule has 2 aromatic rings. The second kappa shape index (κ2) is 9.12. The van der Waals surface area contributed by atoms with Crippen molar-refractivity contribution in [3.8, 4) is 10.6 Å². The van der Waals surface area contributed by atoms with Crippen LogP contribution in [0, 0.1) is 6.92 Å². The average Bonchev–Trinajstić information content (AvgIpc) is 2.92. The SMILES string of the molecule is Cc1csc(-c2cccc(C(=O)NCC(F)(F)CN)c2)n1.Cl.Cl. The highest BCUT2D eigenvalue weighted by Crippen LogP contribution is 2.24. The van der Waals surface area contributed by atoms with Crippen molar-refractivity contribution in [3.05, 3.63) is 40.9 Å². The van der Waals surface area contributed by atoms with Gasteiger partial charge < -0.3 is 11.1 Å². The summed E-state index contributed by atoms with van der Waals surface area (Å²) in [5, 5.41) is 4.88. The molecule has 0 saturated carbocycles. The summed E-state index contributed by atoms with van der Waals surface area (Å²) in [5.41, 5.74) is 6.92. The lowest BCUT2D eigenvalue weighted by Gasteiger charge is -2.14. The average molecular weight is 384 g/mol. The molecule has 23 heavy (non-hydrogen) atoms. The third-order valence-corrected chi connectivity index (χ3v) is 3.81. The summed E-state index contributed by atoms with van der Waals surface area (Å²) >= 11 is 1.46. The Morgan fingerprint density at radius 3 is 2.65 bits per heavy atom. The maximum Gasteiger partial charge on any atom is 0.277 e. The lowest BCUT2D eigenvalue weighted by Crippen LogP contribution is -2.41. The zero-order valence-corrected chi connectivity index (χ0v) is 14.7. The fraction of sp³-hybridized carbons (Fsp3) is 0.286. The fourth-order valence-electron chi connectivity index (χ4n) is 1.66. The van der Waals surface area contributed by atoms with E-state index in [9.17, 15) is 13.6 Å². The van der Waals surface area contributed by atoms with Gasteiger partial charge in [0.2, 0.25) is 0 Å². The monoisotopic (exact) mass is 383 g/mol. The molecule has 0 atom stereocenters. The van der Waals surface area contributed by atoms with Crippen molar-refractivity contribution in [2.24, 2.45) is 5.73 Å². The Balaban J connectivity index is 0.00000242. The van der Waals surface area contributed by atoms with Crippen LogP contribution in [0.1, 0.15) is 16.1 Å². The molecule has 1 aromatic heterocycles. The summed E-state index contributed by atoms with van der Waals surface area (Å²) in [5.74, 6) is -3.65. The van der Waals surface area contributed by atoms with Gasteiger partial charge in [-0.1, -0.05) is 12.1 Å². The number of nitrogens with zero attached hydrogens (tertiary/aromatic N) is 1. The molecule has 0 bridgehead atoms. The van der Waals surface area contributed by atoms with Gasteiger partial charge in [0.05, 0.1) is 13.1 Å². The van der Waals surface area contributed by atoms with E-state index < -0.39 is 24.9 Å². The van der Waals surface area contributed by atoms with Crippen LogP contribution in [0.2, 0.25) is 0 Å². The van der Waals surface area contributed by atoms with Crippen molar-refractivity contribution in [3.63, 3.8) is 0 Å². The number of rotatable bonds is 5. The highest BCUT2D eigenvalue weighted by molar-refractivity contribution is 7.13. The molecule has 1 amide bonds. The normalized spacial score (nSPS) is 10.4. The van der Waals surface area contributed by atoms with Crippen molar-refractivity contribution in [1.82, 2.24) is 10.3 Å². The molecule has 1 heterocycles. The number of carbonyl (C=O) groups is 1. The van der Waals surface area contributed by atoms with Gasteiger partial charge in [-0.05, 0) is 19.1 Å². The van der Waals surface area contributed by atoms with Gasteiger partial charge in [-0.15, -0.1) is 36.2 Å². The van der Waals surface area contributed by atoms with Crippen LogP contribution in [0.25, 0.3) is 10.6 Å². The maximum atomic E-state index is 13.0. The van der Waals surface area contributed by atoms with Crippen LogP contribution in [0.5, 0.6) is 0 Å². The van der Waals surface area contributed by atoms with Crippen LogP contribution in [0.4, 0.5) is 8.78 Å². The highest BCUT2D eigenvalue weighted by atomic mass is 35.5. The Labute approximate surface area is 149 Å². The minimum atomic E-state index is -3.10. The molecule has 3 N–H and O–H groups in total. The zero-order valence-electron chi connectivity index (χ0n) is 12.2. The van der Waals surface area contributed by atoms with Crippen LogP contribution in [-0.4, -0.2) is 29.9 Å². The predicted molar refractivity (Wildman–Crippen MR) is 93.1 cm³/mol. The Morgan fingerprint density at radius 2 is 2.09 bits per heavy atom. The number of aryl methyl sites for hydroxylation is 1. The molecule has 0 unspecified atom stereocenters. The molecular weight excluding hydrogens is 367 g/mol. The van der Waals surface area contributed by atoms with E-state index in [1.807, 2.05) is 18.4 Å². The number of nitrogens with two attached hydrogens (primary N) is 1. The minimum Gasteiger partial charge on any atom is -0.346 e. The van der Waals surface area contributed by atoms with E-state index in [-0.39, 0.29) is 24.8 Å². The van der Waals surface area contributed by atoms with Crippen LogP contribution in [0.15, 0.2) is 29.6 Å². The van der Waals surface area contributed by atoms with Crippen LogP contribution in [0.3, 0.4) is 0 Å². The molecule has 4 nitrogen and oxygen atoms in total. The van der Waals surface area contributed by atoms with E-state index in [0.29, 0.717) is 5.56 Å². The Hall–Kier alpha value is -1.28. The first kappa shape index (κ1) is 21.7. The summed E-state index contributed by atoms with van der Waals surface area (Å²) in [6.07, 6.45) is 0. The number of aromatic nitrogens is 1. The largest absolute Gasteiger partial charge is 0.346 e. The summed E-state index contributed by atoms with van der Waals surface area (Å²) in [7, 11) is 0. The first-order chi connectivity index (χ1) is 9.91. The number of amides is 1. The fourth-order valence-corrected chi connectivity index (χ4v) is 2.46. The van der Waals surface area contributed by atoms with Gasteiger partial charge in [0.25, 0.3) is 11.8 Å². The number of hydrogen-bond donors (Lipinski definition) is 2. The Kier molecular flexibility index (Phi) is 8.61. The zero-order chi connectivity index (χ0) is 15.5. The van der Waals surface area contributed by atoms with Crippen molar-refractivity contribution in [2.75, 3.05) is 13.1 Å². The summed E-state index contributed by atoms with van der Waals surface area (Å²) in [6.45, 7) is 0.306. The molecule has 0 saturated heterocycles. The van der Waals surface area contributed by atoms with Gasteiger partial charge in [0.15, 0.2) is 0 Å². The lowest BCUT2D eigenvalue weighted by molar-refractivity contribution is 0.0118. The number of benzene rings is 1. The third-order valence-electron chi connectivity index (χ3n) is 2.80. The summed E-state index contributed by atoms with van der Waals surface area (Å²) in [6, 6.07) is 6.72.